The van der Waals surface area contributed by atoms with Gasteiger partial charge in [0.2, 0.25) is 0 Å². The summed E-state index contributed by atoms with van der Waals surface area (Å²) in [7, 11) is 1.58. The second kappa shape index (κ2) is 8.20. The molecule has 0 unspecified atom stereocenters. The maximum Gasteiger partial charge on any atom is 0.305 e. The van der Waals surface area contributed by atoms with Gasteiger partial charge in [0.15, 0.2) is 0 Å². The number of amides is 2. The molecule has 0 radical (unpaired) electrons. The summed E-state index contributed by atoms with van der Waals surface area (Å²) in [6.45, 7) is 0.344. The maximum absolute atomic E-state index is 12.5. The molecule has 28 heavy (non-hydrogen) atoms. The minimum absolute atomic E-state index is 0.106. The van der Waals surface area contributed by atoms with Crippen LogP contribution in [0, 0.1) is 0 Å². The molecule has 0 aliphatic carbocycles. The summed E-state index contributed by atoms with van der Waals surface area (Å²) >= 11 is 0. The van der Waals surface area contributed by atoms with Crippen molar-refractivity contribution in [1.82, 2.24) is 24.9 Å². The molecule has 3 rings (SSSR count). The predicted octanol–water partition coefficient (Wildman–Crippen LogP) is 0.867. The molecule has 2 amide bonds. The number of aliphatic carboxylic acids is 1. The molecule has 0 saturated carbocycles. The summed E-state index contributed by atoms with van der Waals surface area (Å²) in [4.78, 5) is 35.5. The van der Waals surface area contributed by atoms with Gasteiger partial charge >= 0.3 is 5.97 Å². The first kappa shape index (κ1) is 18.9. The highest BCUT2D eigenvalue weighted by molar-refractivity contribution is 6.08. The lowest BCUT2D eigenvalue weighted by atomic mass is 10.3. The molecule has 0 spiro atoms. The number of hydrogen-bond acceptors (Lipinski definition) is 6. The monoisotopic (exact) mass is 386 g/mol. The number of carbonyl (C=O) groups is 3. The Kier molecular flexibility index (Phi) is 5.53. The van der Waals surface area contributed by atoms with Gasteiger partial charge in [-0.05, 0) is 12.1 Å². The number of aromatic nitrogens is 4. The molecule has 0 saturated heterocycles. The van der Waals surface area contributed by atoms with Crippen molar-refractivity contribution in [2.45, 2.75) is 19.5 Å². The summed E-state index contributed by atoms with van der Waals surface area (Å²) in [5.74, 6) is -1.28. The molecule has 146 valence electrons. The topological polar surface area (TPSA) is 144 Å². The Labute approximate surface area is 158 Å². The molecule has 3 heterocycles. The summed E-state index contributed by atoms with van der Waals surface area (Å²) in [5.41, 5.74) is 0.650. The molecule has 0 fully saturated rings. The number of rotatable bonds is 8. The van der Waals surface area contributed by atoms with Gasteiger partial charge in [0.25, 0.3) is 11.8 Å². The quantitative estimate of drug-likeness (QED) is 0.521. The number of carbonyl (C=O) groups excluding carboxylic acids is 2. The molecule has 0 aromatic carbocycles. The van der Waals surface area contributed by atoms with E-state index in [0.29, 0.717) is 5.76 Å². The molecule has 0 aliphatic rings. The Hall–Kier alpha value is -3.89. The van der Waals surface area contributed by atoms with E-state index in [9.17, 15) is 14.4 Å². The van der Waals surface area contributed by atoms with Crippen LogP contribution in [0.2, 0.25) is 0 Å². The number of aryl methyl sites for hydroxylation is 2. The van der Waals surface area contributed by atoms with Gasteiger partial charge in [0.05, 0.1) is 49.4 Å². The predicted molar refractivity (Wildman–Crippen MR) is 95.5 cm³/mol. The van der Waals surface area contributed by atoms with Crippen LogP contribution in [0.15, 0.2) is 41.4 Å². The fraction of sp³-hybridized carbons (Fsp3) is 0.235. The van der Waals surface area contributed by atoms with Crippen LogP contribution >= 0.6 is 0 Å². The van der Waals surface area contributed by atoms with Gasteiger partial charge in [-0.15, -0.1) is 0 Å². The number of anilines is 1. The van der Waals surface area contributed by atoms with E-state index in [1.54, 1.807) is 19.2 Å². The third kappa shape index (κ3) is 4.44. The molecule has 3 aromatic rings. The summed E-state index contributed by atoms with van der Waals surface area (Å²) < 4.78 is 7.88. The molecule has 11 heteroatoms. The van der Waals surface area contributed by atoms with Crippen molar-refractivity contribution in [3.8, 4) is 0 Å². The van der Waals surface area contributed by atoms with Gasteiger partial charge in [-0.1, -0.05) is 0 Å². The SMILES string of the molecule is Cn1ncc(NC(=O)c2cnn(CCC(=O)O)c2)c1C(=O)NCc1ccco1. The van der Waals surface area contributed by atoms with Crippen molar-refractivity contribution < 1.29 is 23.9 Å². The average Bonchev–Trinajstić information content (AvgIpc) is 3.39. The average molecular weight is 386 g/mol. The van der Waals surface area contributed by atoms with Gasteiger partial charge < -0.3 is 20.2 Å². The van der Waals surface area contributed by atoms with Crippen LogP contribution < -0.4 is 10.6 Å². The number of nitrogens with one attached hydrogen (secondary N) is 2. The zero-order valence-corrected chi connectivity index (χ0v) is 15.0. The normalized spacial score (nSPS) is 10.6. The first-order valence-electron chi connectivity index (χ1n) is 8.32. The second-order valence-electron chi connectivity index (χ2n) is 5.88. The van der Waals surface area contributed by atoms with Gasteiger partial charge in [0, 0.05) is 13.2 Å². The Morgan fingerprint density at radius 3 is 2.75 bits per heavy atom. The van der Waals surface area contributed by atoms with E-state index >= 15 is 0 Å². The van der Waals surface area contributed by atoms with Crippen molar-refractivity contribution in [2.75, 3.05) is 5.32 Å². The molecule has 3 N–H and O–H groups in total. The zero-order chi connectivity index (χ0) is 20.1. The van der Waals surface area contributed by atoms with E-state index in [1.807, 2.05) is 0 Å². The number of hydrogen-bond donors (Lipinski definition) is 3. The molecule has 0 atom stereocenters. The lowest BCUT2D eigenvalue weighted by Gasteiger charge is -2.07. The van der Waals surface area contributed by atoms with Crippen molar-refractivity contribution in [3.63, 3.8) is 0 Å². The van der Waals surface area contributed by atoms with Crippen LogP contribution in [-0.4, -0.2) is 42.5 Å². The fourth-order valence-corrected chi connectivity index (χ4v) is 2.47. The Morgan fingerprint density at radius 1 is 1.21 bits per heavy atom. The minimum Gasteiger partial charge on any atom is -0.481 e. The van der Waals surface area contributed by atoms with E-state index < -0.39 is 17.8 Å². The van der Waals surface area contributed by atoms with E-state index in [0.717, 1.165) is 0 Å². The summed E-state index contributed by atoms with van der Waals surface area (Å²) in [6, 6.07) is 3.45. The lowest BCUT2D eigenvalue weighted by Crippen LogP contribution is -2.26. The highest BCUT2D eigenvalue weighted by Crippen LogP contribution is 2.16. The fourth-order valence-electron chi connectivity index (χ4n) is 2.47. The summed E-state index contributed by atoms with van der Waals surface area (Å²) in [6.07, 6.45) is 5.53. The molecule has 3 aromatic heterocycles. The van der Waals surface area contributed by atoms with Crippen LogP contribution in [0.1, 0.15) is 33.0 Å². The molecular formula is C17H18N6O5. The largest absolute Gasteiger partial charge is 0.481 e. The molecular weight excluding hydrogens is 368 g/mol. The van der Waals surface area contributed by atoms with Crippen molar-refractivity contribution >= 4 is 23.5 Å². The van der Waals surface area contributed by atoms with Crippen LogP contribution in [0.4, 0.5) is 5.69 Å². The number of nitrogens with zero attached hydrogens (tertiary/aromatic N) is 4. The van der Waals surface area contributed by atoms with Crippen molar-refractivity contribution in [3.05, 3.63) is 54.0 Å². The third-order valence-electron chi connectivity index (χ3n) is 3.86. The smallest absolute Gasteiger partial charge is 0.305 e. The van der Waals surface area contributed by atoms with Gasteiger partial charge in [-0.2, -0.15) is 10.2 Å². The first-order valence-corrected chi connectivity index (χ1v) is 8.32. The Morgan fingerprint density at radius 2 is 2.04 bits per heavy atom. The highest BCUT2D eigenvalue weighted by atomic mass is 16.4. The first-order chi connectivity index (χ1) is 13.4. The van der Waals surface area contributed by atoms with Crippen LogP contribution in [0.5, 0.6) is 0 Å². The Bertz CT molecular complexity index is 988. The number of furan rings is 1. The van der Waals surface area contributed by atoms with E-state index in [-0.39, 0.29) is 36.5 Å². The molecule has 0 aliphatic heterocycles. The van der Waals surface area contributed by atoms with Gasteiger partial charge in [-0.3, -0.25) is 23.7 Å². The zero-order valence-electron chi connectivity index (χ0n) is 15.0. The lowest BCUT2D eigenvalue weighted by molar-refractivity contribution is -0.137. The molecule has 0 bridgehead atoms. The van der Waals surface area contributed by atoms with Gasteiger partial charge in [0.1, 0.15) is 11.5 Å². The van der Waals surface area contributed by atoms with Crippen LogP contribution in [0.25, 0.3) is 0 Å². The second-order valence-corrected chi connectivity index (χ2v) is 5.88. The Balaban J connectivity index is 1.66. The summed E-state index contributed by atoms with van der Waals surface area (Å²) in [5, 5.41) is 22.0. The highest BCUT2D eigenvalue weighted by Gasteiger charge is 2.20. The van der Waals surface area contributed by atoms with Crippen LogP contribution in [-0.2, 0) is 24.9 Å². The van der Waals surface area contributed by atoms with Gasteiger partial charge in [-0.25, -0.2) is 0 Å². The van der Waals surface area contributed by atoms with Crippen molar-refractivity contribution in [2.24, 2.45) is 7.05 Å². The number of carboxylic acids is 1. The molecule has 11 nitrogen and oxygen atoms in total. The number of carboxylic acid groups (broad SMARTS) is 1. The third-order valence-corrected chi connectivity index (χ3v) is 3.86. The minimum atomic E-state index is -0.956. The van der Waals surface area contributed by atoms with Crippen LogP contribution in [0.3, 0.4) is 0 Å². The van der Waals surface area contributed by atoms with E-state index in [1.165, 1.54) is 34.2 Å². The standard InChI is InChI=1S/C17H18N6O5/c1-22-15(17(27)18-8-12-3-2-6-28-12)13(9-19-22)21-16(26)11-7-20-23(10-11)5-4-14(24)25/h2-3,6-7,9-10H,4-5,8H2,1H3,(H,18,27)(H,21,26)(H,24,25). The maximum atomic E-state index is 12.5. The van der Waals surface area contributed by atoms with E-state index in [4.69, 9.17) is 9.52 Å². The van der Waals surface area contributed by atoms with E-state index in [2.05, 4.69) is 20.8 Å². The van der Waals surface area contributed by atoms with Crippen molar-refractivity contribution in [1.29, 1.82) is 0 Å².